The van der Waals surface area contributed by atoms with Crippen LogP contribution in [0.1, 0.15) is 22.4 Å². The normalized spacial score (nSPS) is 10.8. The molecule has 0 aliphatic rings. The zero-order valence-electron chi connectivity index (χ0n) is 8.43. The highest BCUT2D eigenvalue weighted by Crippen LogP contribution is 2.11. The van der Waals surface area contributed by atoms with Crippen LogP contribution in [0.25, 0.3) is 0 Å². The van der Waals surface area contributed by atoms with Crippen molar-refractivity contribution in [3.05, 3.63) is 27.8 Å². The van der Waals surface area contributed by atoms with E-state index in [9.17, 15) is 0 Å². The summed E-state index contributed by atoms with van der Waals surface area (Å²) in [5, 5.41) is 6.92. The van der Waals surface area contributed by atoms with Crippen LogP contribution in [0.2, 0.25) is 0 Å². The molecule has 2 aromatic rings. The molecule has 80 valence electrons. The van der Waals surface area contributed by atoms with Crippen LogP contribution in [-0.4, -0.2) is 21.7 Å². The summed E-state index contributed by atoms with van der Waals surface area (Å²) in [6.07, 6.45) is 1.25. The van der Waals surface area contributed by atoms with E-state index >= 15 is 0 Å². The molecule has 0 aliphatic heterocycles. The average molecular weight is 224 g/mol. The van der Waals surface area contributed by atoms with Crippen LogP contribution < -0.4 is 5.73 Å². The van der Waals surface area contributed by atoms with Gasteiger partial charge in [0, 0.05) is 18.3 Å². The zero-order chi connectivity index (χ0) is 10.7. The van der Waals surface area contributed by atoms with Crippen molar-refractivity contribution in [3.8, 4) is 0 Å². The first-order valence-corrected chi connectivity index (χ1v) is 5.58. The molecule has 2 heterocycles. The Labute approximate surface area is 91.3 Å². The lowest BCUT2D eigenvalue weighted by Gasteiger charge is -1.87. The molecule has 0 saturated carbocycles. The van der Waals surface area contributed by atoms with Gasteiger partial charge in [0.25, 0.3) is 0 Å². The molecule has 0 fully saturated rings. The van der Waals surface area contributed by atoms with Crippen molar-refractivity contribution in [2.45, 2.75) is 19.8 Å². The van der Waals surface area contributed by atoms with Crippen LogP contribution in [-0.2, 0) is 12.8 Å². The van der Waals surface area contributed by atoms with Crippen molar-refractivity contribution in [3.63, 3.8) is 0 Å². The Morgan fingerprint density at radius 3 is 3.00 bits per heavy atom. The van der Waals surface area contributed by atoms with E-state index in [0.29, 0.717) is 31.1 Å². The summed E-state index contributed by atoms with van der Waals surface area (Å²) in [4.78, 5) is 8.54. The lowest BCUT2D eigenvalue weighted by Crippen LogP contribution is -2.02. The zero-order valence-corrected chi connectivity index (χ0v) is 9.25. The monoisotopic (exact) mass is 224 g/mol. The van der Waals surface area contributed by atoms with Crippen LogP contribution in [0, 0.1) is 6.92 Å². The summed E-state index contributed by atoms with van der Waals surface area (Å²) < 4.78 is 5.02. The van der Waals surface area contributed by atoms with Gasteiger partial charge < -0.3 is 10.3 Å². The van der Waals surface area contributed by atoms with Crippen molar-refractivity contribution < 1.29 is 4.52 Å². The van der Waals surface area contributed by atoms with Crippen molar-refractivity contribution in [1.29, 1.82) is 0 Å². The van der Waals surface area contributed by atoms with E-state index in [4.69, 9.17) is 10.3 Å². The van der Waals surface area contributed by atoms with Crippen LogP contribution >= 0.6 is 11.3 Å². The molecule has 6 heteroatoms. The summed E-state index contributed by atoms with van der Waals surface area (Å²) in [6, 6.07) is 0. The molecule has 15 heavy (non-hydrogen) atoms. The van der Waals surface area contributed by atoms with Gasteiger partial charge in [-0.2, -0.15) is 4.98 Å². The molecule has 5 nitrogen and oxygen atoms in total. The quantitative estimate of drug-likeness (QED) is 0.835. The molecule has 0 amide bonds. The Balaban J connectivity index is 2.04. The highest BCUT2D eigenvalue weighted by molar-refractivity contribution is 7.09. The van der Waals surface area contributed by atoms with Gasteiger partial charge in [-0.25, -0.2) is 4.98 Å². The molecule has 0 aromatic carbocycles. The van der Waals surface area contributed by atoms with Crippen molar-refractivity contribution >= 4 is 11.3 Å². The van der Waals surface area contributed by atoms with Crippen LogP contribution in [0.3, 0.4) is 0 Å². The molecule has 0 saturated heterocycles. The maximum Gasteiger partial charge on any atom is 0.227 e. The summed E-state index contributed by atoms with van der Waals surface area (Å²) in [5.74, 6) is 1.27. The highest BCUT2D eigenvalue weighted by Gasteiger charge is 2.07. The lowest BCUT2D eigenvalue weighted by atomic mass is 10.3. The second-order valence-electron chi connectivity index (χ2n) is 3.18. The van der Waals surface area contributed by atoms with E-state index < -0.39 is 0 Å². The minimum absolute atomic E-state index is 0.525. The molecule has 0 bridgehead atoms. The minimum atomic E-state index is 0.525. The van der Waals surface area contributed by atoms with Crippen LogP contribution in [0.15, 0.2) is 9.90 Å². The summed E-state index contributed by atoms with van der Waals surface area (Å²) in [5.41, 5.74) is 6.37. The topological polar surface area (TPSA) is 77.8 Å². The number of nitrogens with two attached hydrogens (primary N) is 1. The Hall–Kier alpha value is -1.27. The van der Waals surface area contributed by atoms with Gasteiger partial charge in [0.2, 0.25) is 5.89 Å². The first-order valence-electron chi connectivity index (χ1n) is 4.70. The van der Waals surface area contributed by atoms with Gasteiger partial charge in [0.05, 0.1) is 17.1 Å². The molecular weight excluding hydrogens is 212 g/mol. The minimum Gasteiger partial charge on any atom is -0.339 e. The van der Waals surface area contributed by atoms with E-state index in [1.54, 1.807) is 11.3 Å². The maximum absolute atomic E-state index is 5.39. The number of aryl methyl sites for hydroxylation is 1. The number of nitrogens with zero attached hydrogens (tertiary/aromatic N) is 3. The van der Waals surface area contributed by atoms with Gasteiger partial charge in [-0.15, -0.1) is 11.3 Å². The standard InChI is InChI=1S/C9H12N4OS/c1-6-11-7(5-15-6)4-8-12-9(2-3-10)14-13-8/h5H,2-4,10H2,1H3. The number of hydrogen-bond acceptors (Lipinski definition) is 6. The average Bonchev–Trinajstić information content (AvgIpc) is 2.78. The van der Waals surface area contributed by atoms with Crippen LogP contribution in [0.5, 0.6) is 0 Å². The van der Waals surface area contributed by atoms with E-state index in [1.807, 2.05) is 12.3 Å². The number of rotatable bonds is 4. The molecule has 0 radical (unpaired) electrons. The third-order valence-electron chi connectivity index (χ3n) is 1.87. The Bertz CT molecular complexity index is 437. The summed E-state index contributed by atoms with van der Waals surface area (Å²) in [7, 11) is 0. The predicted molar refractivity (Wildman–Crippen MR) is 56.7 cm³/mol. The second kappa shape index (κ2) is 4.50. The van der Waals surface area contributed by atoms with Crippen molar-refractivity contribution in [2.24, 2.45) is 5.73 Å². The molecule has 2 rings (SSSR count). The molecule has 2 N–H and O–H groups in total. The highest BCUT2D eigenvalue weighted by atomic mass is 32.1. The molecule has 0 unspecified atom stereocenters. The van der Waals surface area contributed by atoms with Gasteiger partial charge in [-0.05, 0) is 6.92 Å². The molecule has 0 atom stereocenters. The first-order chi connectivity index (χ1) is 7.28. The van der Waals surface area contributed by atoms with Crippen molar-refractivity contribution in [1.82, 2.24) is 15.1 Å². The molecular formula is C9H12N4OS. The third kappa shape index (κ3) is 2.60. The van der Waals surface area contributed by atoms with Gasteiger partial charge in [-0.1, -0.05) is 5.16 Å². The Morgan fingerprint density at radius 2 is 2.33 bits per heavy atom. The Kier molecular flexibility index (Phi) is 3.08. The first kappa shape index (κ1) is 10.3. The summed E-state index contributed by atoms with van der Waals surface area (Å²) >= 11 is 1.62. The number of hydrogen-bond donors (Lipinski definition) is 1. The number of thiazole rings is 1. The largest absolute Gasteiger partial charge is 0.339 e. The molecule has 2 aromatic heterocycles. The Morgan fingerprint density at radius 1 is 1.47 bits per heavy atom. The van der Waals surface area contributed by atoms with E-state index in [0.717, 1.165) is 10.7 Å². The van der Waals surface area contributed by atoms with Gasteiger partial charge in [-0.3, -0.25) is 0 Å². The van der Waals surface area contributed by atoms with Gasteiger partial charge >= 0.3 is 0 Å². The molecule has 0 aliphatic carbocycles. The fraction of sp³-hybridized carbons (Fsp3) is 0.444. The van der Waals surface area contributed by atoms with Crippen molar-refractivity contribution in [2.75, 3.05) is 6.54 Å². The molecule has 0 spiro atoms. The predicted octanol–water partition coefficient (Wildman–Crippen LogP) is 0.927. The second-order valence-corrected chi connectivity index (χ2v) is 4.24. The van der Waals surface area contributed by atoms with Crippen LogP contribution in [0.4, 0.5) is 0 Å². The smallest absolute Gasteiger partial charge is 0.227 e. The fourth-order valence-corrected chi connectivity index (χ4v) is 1.85. The van der Waals surface area contributed by atoms with E-state index in [-0.39, 0.29) is 0 Å². The summed E-state index contributed by atoms with van der Waals surface area (Å²) in [6.45, 7) is 2.50. The number of aromatic nitrogens is 3. The van der Waals surface area contributed by atoms with E-state index in [1.165, 1.54) is 0 Å². The van der Waals surface area contributed by atoms with Gasteiger partial charge in [0.15, 0.2) is 5.82 Å². The van der Waals surface area contributed by atoms with Gasteiger partial charge in [0.1, 0.15) is 0 Å². The third-order valence-corrected chi connectivity index (χ3v) is 2.70. The lowest BCUT2D eigenvalue weighted by molar-refractivity contribution is 0.375. The fourth-order valence-electron chi connectivity index (χ4n) is 1.24. The van der Waals surface area contributed by atoms with E-state index in [2.05, 4.69) is 15.1 Å². The SMILES string of the molecule is Cc1nc(Cc2noc(CCN)n2)cs1. The maximum atomic E-state index is 5.39.